The van der Waals surface area contributed by atoms with Gasteiger partial charge in [-0.2, -0.15) is 4.72 Å². The van der Waals surface area contributed by atoms with Gasteiger partial charge in [0.25, 0.3) is 0 Å². The zero-order chi connectivity index (χ0) is 23.8. The number of nitrogens with zero attached hydrogens (tertiary/aromatic N) is 1. The molecule has 1 aliphatic rings. The largest absolute Gasteiger partial charge is 0.497 e. The van der Waals surface area contributed by atoms with Crippen molar-refractivity contribution >= 4 is 21.6 Å². The van der Waals surface area contributed by atoms with E-state index >= 15 is 0 Å². The zero-order valence-corrected chi connectivity index (χ0v) is 20.2. The number of nitrogens with one attached hydrogen (secondary N) is 2. The van der Waals surface area contributed by atoms with Crippen LogP contribution in [-0.4, -0.2) is 65.2 Å². The van der Waals surface area contributed by atoms with Crippen LogP contribution in [0, 0.1) is 5.92 Å². The molecule has 3 rings (SSSR count). The number of rotatable bonds is 10. The van der Waals surface area contributed by atoms with Gasteiger partial charge >= 0.3 is 0 Å². The fraction of sp³-hybridized carbons (Fsp3) is 0.458. The Morgan fingerprint density at radius 1 is 1.06 bits per heavy atom. The smallest absolute Gasteiger partial charge is 0.242 e. The van der Waals surface area contributed by atoms with Crippen molar-refractivity contribution in [3.63, 3.8) is 0 Å². The van der Waals surface area contributed by atoms with Crippen LogP contribution in [0.5, 0.6) is 5.75 Å². The van der Waals surface area contributed by atoms with Gasteiger partial charge in [0.1, 0.15) is 11.8 Å². The standard InChI is InChI=1S/C24H33N3O5S/c1-18(2)23(26-33(29,30)22-10-8-21(31-3)9-11-22)24(28)25-20-6-4-19(5-7-20)12-13-27-14-16-32-17-15-27/h4-11,18,23,26H,12-17H2,1-3H3,(H,25,28)/t23-/m0/s1. The average molecular weight is 476 g/mol. The monoisotopic (exact) mass is 475 g/mol. The summed E-state index contributed by atoms with van der Waals surface area (Å²) >= 11 is 0. The summed E-state index contributed by atoms with van der Waals surface area (Å²) in [6.07, 6.45) is 0.921. The second-order valence-electron chi connectivity index (χ2n) is 8.41. The lowest BCUT2D eigenvalue weighted by atomic mass is 10.0. The Kier molecular flexibility index (Phi) is 8.85. The summed E-state index contributed by atoms with van der Waals surface area (Å²) in [5.41, 5.74) is 1.81. The first-order valence-electron chi connectivity index (χ1n) is 11.1. The van der Waals surface area contributed by atoms with Gasteiger partial charge in [0, 0.05) is 25.3 Å². The summed E-state index contributed by atoms with van der Waals surface area (Å²) in [6.45, 7) is 8.05. The van der Waals surface area contributed by atoms with Crippen molar-refractivity contribution in [3.05, 3.63) is 54.1 Å². The number of carbonyl (C=O) groups is 1. The Hall–Kier alpha value is -2.46. The molecule has 1 atom stereocenters. The van der Waals surface area contributed by atoms with Gasteiger partial charge in [0.15, 0.2) is 0 Å². The summed E-state index contributed by atoms with van der Waals surface area (Å²) in [7, 11) is -2.36. The van der Waals surface area contributed by atoms with E-state index < -0.39 is 22.0 Å². The summed E-state index contributed by atoms with van der Waals surface area (Å²) in [5, 5.41) is 2.84. The Labute approximate surface area is 196 Å². The number of carbonyl (C=O) groups excluding carboxylic acids is 1. The van der Waals surface area contributed by atoms with Crippen LogP contribution in [0.25, 0.3) is 0 Å². The van der Waals surface area contributed by atoms with Crippen LogP contribution in [-0.2, 0) is 26.0 Å². The number of amides is 1. The second kappa shape index (κ2) is 11.6. The normalized spacial score (nSPS) is 15.9. The van der Waals surface area contributed by atoms with E-state index in [9.17, 15) is 13.2 Å². The number of benzene rings is 2. The summed E-state index contributed by atoms with van der Waals surface area (Å²) in [5.74, 6) is -0.0885. The molecule has 0 unspecified atom stereocenters. The molecule has 2 aromatic carbocycles. The van der Waals surface area contributed by atoms with Crippen molar-refractivity contribution in [3.8, 4) is 5.75 Å². The van der Waals surface area contributed by atoms with Crippen LogP contribution in [0.15, 0.2) is 53.4 Å². The van der Waals surface area contributed by atoms with Crippen molar-refractivity contribution in [1.82, 2.24) is 9.62 Å². The SMILES string of the molecule is COc1ccc(S(=O)(=O)N[C@H](C(=O)Nc2ccc(CCN3CCOCC3)cc2)C(C)C)cc1. The summed E-state index contributed by atoms with van der Waals surface area (Å²) < 4.78 is 38.6. The number of hydrogen-bond acceptors (Lipinski definition) is 6. The highest BCUT2D eigenvalue weighted by molar-refractivity contribution is 7.89. The third-order valence-electron chi connectivity index (χ3n) is 5.64. The van der Waals surface area contributed by atoms with Gasteiger partial charge in [-0.05, 0) is 54.3 Å². The topological polar surface area (TPSA) is 97.0 Å². The Morgan fingerprint density at radius 3 is 2.27 bits per heavy atom. The van der Waals surface area contributed by atoms with Crippen molar-refractivity contribution < 1.29 is 22.7 Å². The van der Waals surface area contributed by atoms with Gasteiger partial charge in [-0.3, -0.25) is 9.69 Å². The zero-order valence-electron chi connectivity index (χ0n) is 19.4. The summed E-state index contributed by atoms with van der Waals surface area (Å²) in [4.78, 5) is 15.4. The van der Waals surface area contributed by atoms with Gasteiger partial charge in [-0.1, -0.05) is 26.0 Å². The number of morpholine rings is 1. The maximum atomic E-state index is 12.9. The molecule has 0 saturated carbocycles. The van der Waals surface area contributed by atoms with Gasteiger partial charge in [0.05, 0.1) is 25.2 Å². The average Bonchev–Trinajstić information content (AvgIpc) is 2.82. The highest BCUT2D eigenvalue weighted by Gasteiger charge is 2.28. The molecule has 1 amide bonds. The molecule has 2 aromatic rings. The van der Waals surface area contributed by atoms with Gasteiger partial charge in [-0.25, -0.2) is 8.42 Å². The van der Waals surface area contributed by atoms with Gasteiger partial charge in [-0.15, -0.1) is 0 Å². The number of anilines is 1. The molecule has 8 nitrogen and oxygen atoms in total. The molecule has 180 valence electrons. The first-order valence-corrected chi connectivity index (χ1v) is 12.6. The first-order chi connectivity index (χ1) is 15.8. The minimum Gasteiger partial charge on any atom is -0.497 e. The van der Waals surface area contributed by atoms with E-state index in [-0.39, 0.29) is 10.8 Å². The van der Waals surface area contributed by atoms with Crippen molar-refractivity contribution in [2.75, 3.05) is 45.3 Å². The van der Waals surface area contributed by atoms with E-state index in [1.54, 1.807) is 26.0 Å². The lowest BCUT2D eigenvalue weighted by molar-refractivity contribution is -0.118. The molecule has 0 radical (unpaired) electrons. The van der Waals surface area contributed by atoms with E-state index in [2.05, 4.69) is 14.9 Å². The van der Waals surface area contributed by atoms with Gasteiger partial charge in [0.2, 0.25) is 15.9 Å². The molecule has 0 spiro atoms. The third kappa shape index (κ3) is 7.26. The lowest BCUT2D eigenvalue weighted by Crippen LogP contribution is -2.47. The number of hydrogen-bond donors (Lipinski definition) is 2. The van der Waals surface area contributed by atoms with Crippen LogP contribution >= 0.6 is 0 Å². The molecular formula is C24H33N3O5S. The molecule has 9 heteroatoms. The molecular weight excluding hydrogens is 442 g/mol. The highest BCUT2D eigenvalue weighted by Crippen LogP contribution is 2.18. The number of sulfonamides is 1. The number of ether oxygens (including phenoxy) is 2. The molecule has 2 N–H and O–H groups in total. The Bertz CT molecular complexity index is 1000. The van der Waals surface area contributed by atoms with Crippen LogP contribution in [0.2, 0.25) is 0 Å². The molecule has 0 aromatic heterocycles. The molecule has 33 heavy (non-hydrogen) atoms. The van der Waals surface area contributed by atoms with Crippen molar-refractivity contribution in [2.24, 2.45) is 5.92 Å². The predicted molar refractivity (Wildman–Crippen MR) is 128 cm³/mol. The Balaban J connectivity index is 1.60. The quantitative estimate of drug-likeness (QED) is 0.548. The molecule has 1 fully saturated rings. The van der Waals surface area contributed by atoms with Crippen LogP contribution in [0.1, 0.15) is 19.4 Å². The highest BCUT2D eigenvalue weighted by atomic mass is 32.2. The predicted octanol–water partition coefficient (Wildman–Crippen LogP) is 2.51. The molecule has 1 aliphatic heterocycles. The van der Waals surface area contributed by atoms with Crippen molar-refractivity contribution in [2.45, 2.75) is 31.2 Å². The third-order valence-corrected chi connectivity index (χ3v) is 7.10. The van der Waals surface area contributed by atoms with Crippen LogP contribution in [0.3, 0.4) is 0 Å². The van der Waals surface area contributed by atoms with E-state index in [4.69, 9.17) is 9.47 Å². The second-order valence-corrected chi connectivity index (χ2v) is 10.1. The van der Waals surface area contributed by atoms with E-state index in [1.165, 1.54) is 24.8 Å². The minimum atomic E-state index is -3.87. The molecule has 0 aliphatic carbocycles. The van der Waals surface area contributed by atoms with Crippen LogP contribution < -0.4 is 14.8 Å². The van der Waals surface area contributed by atoms with E-state index in [0.29, 0.717) is 11.4 Å². The van der Waals surface area contributed by atoms with Crippen molar-refractivity contribution in [1.29, 1.82) is 0 Å². The molecule has 0 bridgehead atoms. The fourth-order valence-corrected chi connectivity index (χ4v) is 4.91. The van der Waals surface area contributed by atoms with Crippen LogP contribution in [0.4, 0.5) is 5.69 Å². The molecule has 1 saturated heterocycles. The summed E-state index contributed by atoms with van der Waals surface area (Å²) in [6, 6.07) is 12.8. The first kappa shape index (κ1) is 25.2. The maximum absolute atomic E-state index is 12.9. The number of methoxy groups -OCH3 is 1. The van der Waals surface area contributed by atoms with Gasteiger partial charge < -0.3 is 14.8 Å². The minimum absolute atomic E-state index is 0.0753. The lowest BCUT2D eigenvalue weighted by Gasteiger charge is -2.26. The molecule has 1 heterocycles. The van der Waals surface area contributed by atoms with E-state index in [1.807, 2.05) is 24.3 Å². The fourth-order valence-electron chi connectivity index (χ4n) is 3.57. The Morgan fingerprint density at radius 2 is 1.70 bits per heavy atom. The van der Waals surface area contributed by atoms with E-state index in [0.717, 1.165) is 39.3 Å². The maximum Gasteiger partial charge on any atom is 0.242 e.